The van der Waals surface area contributed by atoms with Crippen LogP contribution >= 0.6 is 0 Å². The van der Waals surface area contributed by atoms with E-state index < -0.39 is 11.7 Å². The molecule has 1 amide bonds. The van der Waals surface area contributed by atoms with Crippen molar-refractivity contribution in [2.45, 2.75) is 25.6 Å². The average Bonchev–Trinajstić information content (AvgIpc) is 3.35. The molecule has 1 unspecified atom stereocenters. The Morgan fingerprint density at radius 1 is 1.13 bits per heavy atom. The summed E-state index contributed by atoms with van der Waals surface area (Å²) in [5.74, 6) is 0.245. The van der Waals surface area contributed by atoms with E-state index in [1.54, 1.807) is 10.9 Å². The van der Waals surface area contributed by atoms with Gasteiger partial charge in [-0.15, -0.1) is 0 Å². The van der Waals surface area contributed by atoms with Gasteiger partial charge in [0.05, 0.1) is 28.7 Å². The van der Waals surface area contributed by atoms with Crippen molar-refractivity contribution in [3.63, 3.8) is 0 Å². The summed E-state index contributed by atoms with van der Waals surface area (Å²) in [6.07, 6.45) is -1.35. The largest absolute Gasteiger partial charge is 0.417 e. The van der Waals surface area contributed by atoms with E-state index in [0.717, 1.165) is 23.6 Å². The van der Waals surface area contributed by atoms with Gasteiger partial charge in [0.15, 0.2) is 0 Å². The normalized spacial score (nSPS) is 16.7. The molecule has 1 N–H and O–H groups in total. The average molecular weight is 415 g/mol. The molecule has 4 rings (SSSR count). The Hall–Kier alpha value is -3.36. The minimum atomic E-state index is -4.41. The van der Waals surface area contributed by atoms with E-state index >= 15 is 0 Å². The van der Waals surface area contributed by atoms with Crippen molar-refractivity contribution in [3.05, 3.63) is 71.7 Å². The number of nitrogens with one attached hydrogen (secondary N) is 1. The Morgan fingerprint density at radius 2 is 1.90 bits per heavy atom. The number of hydrogen-bond donors (Lipinski definition) is 1. The van der Waals surface area contributed by atoms with Gasteiger partial charge in [0.2, 0.25) is 0 Å². The molecular weight excluding hydrogens is 395 g/mol. The van der Waals surface area contributed by atoms with Crippen molar-refractivity contribution in [1.29, 1.82) is 0 Å². The number of carbonyl (C=O) groups is 1. The van der Waals surface area contributed by atoms with E-state index in [2.05, 4.69) is 15.4 Å². The lowest BCUT2D eigenvalue weighted by molar-refractivity contribution is -0.137. The molecule has 30 heavy (non-hydrogen) atoms. The highest BCUT2D eigenvalue weighted by atomic mass is 19.4. The first-order valence-corrected chi connectivity index (χ1v) is 9.52. The quantitative estimate of drug-likeness (QED) is 0.707. The third-order valence-corrected chi connectivity index (χ3v) is 5.18. The first-order valence-electron chi connectivity index (χ1n) is 9.52. The Bertz CT molecular complexity index is 1030. The lowest BCUT2D eigenvalue weighted by atomic mass is 10.2. The number of benzene rings is 1. The van der Waals surface area contributed by atoms with Crippen molar-refractivity contribution in [1.82, 2.24) is 20.1 Å². The SMILES string of the molecule is Cc1c(C(=O)NC2CCN(c3ccc(C(F)(F)F)cn3)C2)cnn1-c1ccccc1. The van der Waals surface area contributed by atoms with Crippen molar-refractivity contribution in [2.24, 2.45) is 0 Å². The summed E-state index contributed by atoms with van der Waals surface area (Å²) in [5.41, 5.74) is 1.32. The monoisotopic (exact) mass is 415 g/mol. The van der Waals surface area contributed by atoms with Crippen LogP contribution in [-0.4, -0.2) is 39.8 Å². The second-order valence-corrected chi connectivity index (χ2v) is 7.20. The minimum Gasteiger partial charge on any atom is -0.354 e. The van der Waals surface area contributed by atoms with E-state index in [-0.39, 0.29) is 11.9 Å². The van der Waals surface area contributed by atoms with Gasteiger partial charge in [0.1, 0.15) is 5.82 Å². The van der Waals surface area contributed by atoms with Crippen LogP contribution in [0.15, 0.2) is 54.9 Å². The smallest absolute Gasteiger partial charge is 0.354 e. The minimum absolute atomic E-state index is 0.124. The number of aromatic nitrogens is 3. The van der Waals surface area contributed by atoms with Gasteiger partial charge in [0.25, 0.3) is 5.91 Å². The maximum Gasteiger partial charge on any atom is 0.417 e. The molecule has 1 aliphatic rings. The number of para-hydroxylation sites is 1. The van der Waals surface area contributed by atoms with Crippen LogP contribution in [0.25, 0.3) is 5.69 Å². The lowest BCUT2D eigenvalue weighted by Crippen LogP contribution is -2.37. The van der Waals surface area contributed by atoms with Crippen LogP contribution in [0.2, 0.25) is 0 Å². The summed E-state index contributed by atoms with van der Waals surface area (Å²) in [7, 11) is 0. The second-order valence-electron chi connectivity index (χ2n) is 7.20. The highest BCUT2D eigenvalue weighted by Crippen LogP contribution is 2.30. The third kappa shape index (κ3) is 4.00. The fourth-order valence-electron chi connectivity index (χ4n) is 3.55. The molecule has 6 nitrogen and oxygen atoms in total. The Kier molecular flexibility index (Phi) is 5.19. The number of rotatable bonds is 4. The van der Waals surface area contributed by atoms with Crippen molar-refractivity contribution < 1.29 is 18.0 Å². The topological polar surface area (TPSA) is 63.1 Å². The number of nitrogens with zero attached hydrogens (tertiary/aromatic N) is 4. The Labute approximate surface area is 171 Å². The van der Waals surface area contributed by atoms with Gasteiger partial charge in [-0.2, -0.15) is 18.3 Å². The van der Waals surface area contributed by atoms with Crippen LogP contribution in [0.5, 0.6) is 0 Å². The van der Waals surface area contributed by atoms with Crippen molar-refractivity contribution >= 4 is 11.7 Å². The van der Waals surface area contributed by atoms with Crippen molar-refractivity contribution in [3.8, 4) is 5.69 Å². The highest BCUT2D eigenvalue weighted by Gasteiger charge is 2.32. The predicted molar refractivity (Wildman–Crippen MR) is 106 cm³/mol. The summed E-state index contributed by atoms with van der Waals surface area (Å²) in [6.45, 7) is 2.92. The van der Waals surface area contributed by atoms with Crippen LogP contribution in [0.1, 0.15) is 28.0 Å². The zero-order valence-electron chi connectivity index (χ0n) is 16.2. The van der Waals surface area contributed by atoms with E-state index in [9.17, 15) is 18.0 Å². The maximum absolute atomic E-state index is 12.7. The van der Waals surface area contributed by atoms with Gasteiger partial charge in [0, 0.05) is 25.3 Å². The molecule has 3 heterocycles. The Balaban J connectivity index is 1.40. The van der Waals surface area contributed by atoms with Crippen molar-refractivity contribution in [2.75, 3.05) is 18.0 Å². The van der Waals surface area contributed by atoms with Crippen LogP contribution in [0, 0.1) is 6.92 Å². The number of halogens is 3. The summed E-state index contributed by atoms with van der Waals surface area (Å²) < 4.78 is 39.8. The first kappa shape index (κ1) is 19.9. The summed E-state index contributed by atoms with van der Waals surface area (Å²) in [5, 5.41) is 7.31. The molecule has 1 fully saturated rings. The number of carbonyl (C=O) groups excluding carboxylic acids is 1. The molecule has 0 bridgehead atoms. The molecular formula is C21H20F3N5O. The van der Waals surface area contributed by atoms with E-state index in [0.29, 0.717) is 30.9 Å². The lowest BCUT2D eigenvalue weighted by Gasteiger charge is -2.18. The van der Waals surface area contributed by atoms with Gasteiger partial charge in [-0.3, -0.25) is 4.79 Å². The van der Waals surface area contributed by atoms with Gasteiger partial charge in [-0.05, 0) is 37.6 Å². The fraction of sp³-hybridized carbons (Fsp3) is 0.286. The molecule has 3 aromatic rings. The molecule has 9 heteroatoms. The zero-order chi connectivity index (χ0) is 21.3. The van der Waals surface area contributed by atoms with Gasteiger partial charge in [-0.1, -0.05) is 18.2 Å². The molecule has 0 aliphatic carbocycles. The standard InChI is InChI=1S/C21H20F3N5O/c1-14-18(12-26-29(14)17-5-3-2-4-6-17)20(30)27-16-9-10-28(13-16)19-8-7-15(11-25-19)21(22,23)24/h2-8,11-12,16H,9-10,13H2,1H3,(H,27,30). The summed E-state index contributed by atoms with van der Waals surface area (Å²) in [4.78, 5) is 18.5. The summed E-state index contributed by atoms with van der Waals surface area (Å²) >= 11 is 0. The molecule has 0 radical (unpaired) electrons. The highest BCUT2D eigenvalue weighted by molar-refractivity contribution is 5.95. The van der Waals surface area contributed by atoms with E-state index in [4.69, 9.17) is 0 Å². The number of amides is 1. The van der Waals surface area contributed by atoms with Gasteiger partial charge >= 0.3 is 6.18 Å². The molecule has 1 aromatic carbocycles. The van der Waals surface area contributed by atoms with Crippen LogP contribution in [-0.2, 0) is 6.18 Å². The molecule has 0 saturated carbocycles. The molecule has 1 atom stereocenters. The predicted octanol–water partition coefficient (Wildman–Crippen LogP) is 3.60. The van der Waals surface area contributed by atoms with Gasteiger partial charge in [-0.25, -0.2) is 9.67 Å². The number of pyridine rings is 1. The molecule has 156 valence electrons. The maximum atomic E-state index is 12.7. The number of alkyl halides is 3. The summed E-state index contributed by atoms with van der Waals surface area (Å²) in [6, 6.07) is 11.8. The van der Waals surface area contributed by atoms with E-state index in [1.807, 2.05) is 42.2 Å². The first-order chi connectivity index (χ1) is 14.3. The molecule has 2 aromatic heterocycles. The van der Waals surface area contributed by atoms with Crippen LogP contribution in [0.3, 0.4) is 0 Å². The number of anilines is 1. The molecule has 1 aliphatic heterocycles. The number of hydrogen-bond acceptors (Lipinski definition) is 4. The zero-order valence-corrected chi connectivity index (χ0v) is 16.2. The fourth-order valence-corrected chi connectivity index (χ4v) is 3.55. The molecule has 1 saturated heterocycles. The second kappa shape index (κ2) is 7.81. The molecule has 0 spiro atoms. The van der Waals surface area contributed by atoms with Gasteiger partial charge < -0.3 is 10.2 Å². The van der Waals surface area contributed by atoms with E-state index in [1.165, 1.54) is 6.07 Å². The van der Waals surface area contributed by atoms with Crippen LogP contribution < -0.4 is 10.2 Å². The third-order valence-electron chi connectivity index (χ3n) is 5.18. The van der Waals surface area contributed by atoms with Crippen LogP contribution in [0.4, 0.5) is 19.0 Å². The Morgan fingerprint density at radius 3 is 2.57 bits per heavy atom.